The van der Waals surface area contributed by atoms with Gasteiger partial charge in [-0.1, -0.05) is 0 Å². The van der Waals surface area contributed by atoms with Gasteiger partial charge in [0, 0.05) is 37.3 Å². The second-order valence-electron chi connectivity index (χ2n) is 5.47. The molecule has 1 atom stereocenters. The van der Waals surface area contributed by atoms with Gasteiger partial charge >= 0.3 is 0 Å². The highest BCUT2D eigenvalue weighted by atomic mass is 16.6. The number of nitro benzene ring substituents is 1. The number of aromatic nitrogens is 1. The number of non-ortho nitro benzene ring substituents is 1. The molecule has 1 aliphatic heterocycles. The van der Waals surface area contributed by atoms with Gasteiger partial charge in [0.05, 0.1) is 23.2 Å². The highest BCUT2D eigenvalue weighted by Crippen LogP contribution is 2.21. The van der Waals surface area contributed by atoms with Crippen LogP contribution in [-0.2, 0) is 9.47 Å². The molecule has 3 rings (SSSR count). The number of nitrogens with one attached hydrogen (secondary N) is 1. The second kappa shape index (κ2) is 7.34. The van der Waals surface area contributed by atoms with E-state index in [-0.39, 0.29) is 11.8 Å². The molecule has 0 spiro atoms. The Hall–Kier alpha value is -2.25. The van der Waals surface area contributed by atoms with Crippen molar-refractivity contribution >= 4 is 22.4 Å². The van der Waals surface area contributed by atoms with Gasteiger partial charge in [0.15, 0.2) is 0 Å². The highest BCUT2D eigenvalue weighted by Gasteiger charge is 2.15. The average Bonchev–Trinajstić information content (AvgIpc) is 3.07. The zero-order chi connectivity index (χ0) is 16.1. The molecule has 2 aromatic rings. The summed E-state index contributed by atoms with van der Waals surface area (Å²) in [6.07, 6.45) is 2.10. The summed E-state index contributed by atoms with van der Waals surface area (Å²) < 4.78 is 11.0. The average molecular weight is 317 g/mol. The molecule has 1 aliphatic rings. The molecule has 0 saturated carbocycles. The molecule has 7 heteroatoms. The van der Waals surface area contributed by atoms with E-state index < -0.39 is 4.92 Å². The van der Waals surface area contributed by atoms with Crippen LogP contribution in [0.5, 0.6) is 0 Å². The van der Waals surface area contributed by atoms with E-state index in [9.17, 15) is 10.1 Å². The van der Waals surface area contributed by atoms with Crippen LogP contribution in [0.4, 0.5) is 11.5 Å². The molecule has 0 radical (unpaired) electrons. The molecular formula is C16H19N3O4. The second-order valence-corrected chi connectivity index (χ2v) is 5.47. The molecule has 0 amide bonds. The molecule has 1 saturated heterocycles. The molecular weight excluding hydrogens is 298 g/mol. The van der Waals surface area contributed by atoms with E-state index in [0.29, 0.717) is 13.2 Å². The van der Waals surface area contributed by atoms with Crippen LogP contribution in [-0.4, -0.2) is 42.4 Å². The number of anilines is 1. The normalized spacial score (nSPS) is 17.5. The van der Waals surface area contributed by atoms with Crippen LogP contribution in [0.15, 0.2) is 30.3 Å². The molecule has 1 N–H and O–H groups in total. The lowest BCUT2D eigenvalue weighted by Gasteiger charge is -2.10. The standard InChI is InChI=1S/C16H19N3O4/c20-19(21)13-3-4-15-12(10-13)2-5-16(18-15)17-7-1-8-23-14-6-9-22-11-14/h2-5,10,14H,1,6-9,11H2,(H,17,18)/t14-/m1/s1. The predicted octanol–water partition coefficient (Wildman–Crippen LogP) is 2.75. The fourth-order valence-electron chi connectivity index (χ4n) is 2.51. The maximum Gasteiger partial charge on any atom is 0.270 e. The smallest absolute Gasteiger partial charge is 0.270 e. The lowest BCUT2D eigenvalue weighted by Crippen LogP contribution is -2.15. The maximum atomic E-state index is 10.8. The lowest BCUT2D eigenvalue weighted by atomic mass is 10.2. The summed E-state index contributed by atoms with van der Waals surface area (Å²) >= 11 is 0. The zero-order valence-electron chi connectivity index (χ0n) is 12.7. The Kier molecular flexibility index (Phi) is 4.99. The Labute approximate surface area is 133 Å². The number of rotatable bonds is 7. The van der Waals surface area contributed by atoms with E-state index in [0.717, 1.165) is 42.7 Å². The van der Waals surface area contributed by atoms with E-state index in [1.807, 2.05) is 12.1 Å². The van der Waals surface area contributed by atoms with Crippen molar-refractivity contribution < 1.29 is 14.4 Å². The molecule has 2 heterocycles. The third-order valence-corrected chi connectivity index (χ3v) is 3.75. The first-order valence-corrected chi connectivity index (χ1v) is 7.71. The Bertz CT molecular complexity index is 686. The fraction of sp³-hybridized carbons (Fsp3) is 0.438. The quantitative estimate of drug-likeness (QED) is 0.480. The molecule has 1 fully saturated rings. The van der Waals surface area contributed by atoms with E-state index in [2.05, 4.69) is 10.3 Å². The summed E-state index contributed by atoms with van der Waals surface area (Å²) in [4.78, 5) is 14.8. The maximum absolute atomic E-state index is 10.8. The first-order valence-electron chi connectivity index (χ1n) is 7.71. The molecule has 0 unspecified atom stereocenters. The van der Waals surface area contributed by atoms with Crippen LogP contribution in [0.25, 0.3) is 10.9 Å². The zero-order valence-corrected chi connectivity index (χ0v) is 12.7. The van der Waals surface area contributed by atoms with Crippen molar-refractivity contribution in [3.8, 4) is 0 Å². The van der Waals surface area contributed by atoms with Gasteiger partial charge in [-0.3, -0.25) is 10.1 Å². The van der Waals surface area contributed by atoms with Gasteiger partial charge in [0.1, 0.15) is 5.82 Å². The minimum absolute atomic E-state index is 0.0769. The number of ether oxygens (including phenoxy) is 2. The summed E-state index contributed by atoms with van der Waals surface area (Å²) in [7, 11) is 0. The van der Waals surface area contributed by atoms with Gasteiger partial charge in [-0.05, 0) is 31.0 Å². The monoisotopic (exact) mass is 317 g/mol. The van der Waals surface area contributed by atoms with E-state index in [1.165, 1.54) is 12.1 Å². The highest BCUT2D eigenvalue weighted by molar-refractivity contribution is 5.82. The van der Waals surface area contributed by atoms with Crippen LogP contribution in [0, 0.1) is 10.1 Å². The number of benzene rings is 1. The first-order chi connectivity index (χ1) is 11.2. The van der Waals surface area contributed by atoms with E-state index in [4.69, 9.17) is 9.47 Å². The minimum atomic E-state index is -0.402. The SMILES string of the molecule is O=[N+]([O-])c1ccc2nc(NCCCO[C@@H]3CCOC3)ccc2c1. The summed E-state index contributed by atoms with van der Waals surface area (Å²) in [5.41, 5.74) is 0.813. The molecule has 0 bridgehead atoms. The van der Waals surface area contributed by atoms with Crippen LogP contribution in [0.1, 0.15) is 12.8 Å². The van der Waals surface area contributed by atoms with E-state index >= 15 is 0 Å². The molecule has 0 aliphatic carbocycles. The molecule has 122 valence electrons. The van der Waals surface area contributed by atoms with Crippen molar-refractivity contribution in [2.45, 2.75) is 18.9 Å². The van der Waals surface area contributed by atoms with Gasteiger partial charge < -0.3 is 14.8 Å². The number of hydrogen-bond donors (Lipinski definition) is 1. The topological polar surface area (TPSA) is 86.5 Å². The van der Waals surface area contributed by atoms with Gasteiger partial charge in [0.2, 0.25) is 0 Å². The van der Waals surface area contributed by atoms with Crippen molar-refractivity contribution in [3.05, 3.63) is 40.4 Å². The van der Waals surface area contributed by atoms with Crippen LogP contribution in [0.2, 0.25) is 0 Å². The first kappa shape index (κ1) is 15.6. The summed E-state index contributed by atoms with van der Waals surface area (Å²) in [5.74, 6) is 0.760. The van der Waals surface area contributed by atoms with Crippen LogP contribution >= 0.6 is 0 Å². The third kappa shape index (κ3) is 4.14. The Morgan fingerprint density at radius 1 is 1.39 bits per heavy atom. The summed E-state index contributed by atoms with van der Waals surface area (Å²) in [6.45, 7) is 2.95. The Morgan fingerprint density at radius 2 is 2.30 bits per heavy atom. The largest absolute Gasteiger partial charge is 0.379 e. The lowest BCUT2D eigenvalue weighted by molar-refractivity contribution is -0.384. The fourth-order valence-corrected chi connectivity index (χ4v) is 2.51. The number of nitrogens with zero attached hydrogens (tertiary/aromatic N) is 2. The van der Waals surface area contributed by atoms with Crippen LogP contribution in [0.3, 0.4) is 0 Å². The van der Waals surface area contributed by atoms with Crippen molar-refractivity contribution in [1.82, 2.24) is 4.98 Å². The minimum Gasteiger partial charge on any atom is -0.379 e. The van der Waals surface area contributed by atoms with Crippen molar-refractivity contribution in [2.24, 2.45) is 0 Å². The van der Waals surface area contributed by atoms with Crippen molar-refractivity contribution in [3.63, 3.8) is 0 Å². The number of hydrogen-bond acceptors (Lipinski definition) is 6. The van der Waals surface area contributed by atoms with Gasteiger partial charge in [-0.2, -0.15) is 0 Å². The van der Waals surface area contributed by atoms with Crippen molar-refractivity contribution in [1.29, 1.82) is 0 Å². The van der Waals surface area contributed by atoms with Gasteiger partial charge in [-0.25, -0.2) is 4.98 Å². The van der Waals surface area contributed by atoms with Crippen molar-refractivity contribution in [2.75, 3.05) is 31.7 Å². The molecule has 1 aromatic heterocycles. The number of fused-ring (bicyclic) bond motifs is 1. The van der Waals surface area contributed by atoms with Crippen LogP contribution < -0.4 is 5.32 Å². The Balaban J connectivity index is 1.50. The number of nitro groups is 1. The van der Waals surface area contributed by atoms with E-state index in [1.54, 1.807) is 6.07 Å². The Morgan fingerprint density at radius 3 is 3.09 bits per heavy atom. The predicted molar refractivity (Wildman–Crippen MR) is 86.7 cm³/mol. The third-order valence-electron chi connectivity index (χ3n) is 3.75. The molecule has 1 aromatic carbocycles. The summed E-state index contributed by atoms with van der Waals surface area (Å²) in [6, 6.07) is 8.34. The number of pyridine rings is 1. The molecule has 23 heavy (non-hydrogen) atoms. The van der Waals surface area contributed by atoms with Gasteiger partial charge in [0.25, 0.3) is 5.69 Å². The summed E-state index contributed by atoms with van der Waals surface area (Å²) in [5, 5.41) is 14.8. The van der Waals surface area contributed by atoms with Gasteiger partial charge in [-0.15, -0.1) is 0 Å². The molecule has 7 nitrogen and oxygen atoms in total.